The van der Waals surface area contributed by atoms with Crippen molar-refractivity contribution in [2.45, 2.75) is 5.37 Å². The smallest absolute Gasteiger partial charge is 0.255 e. The van der Waals surface area contributed by atoms with Gasteiger partial charge >= 0.3 is 0 Å². The lowest BCUT2D eigenvalue weighted by Crippen LogP contribution is -2.35. The van der Waals surface area contributed by atoms with Crippen LogP contribution in [0.2, 0.25) is 5.02 Å². The molecule has 16 heavy (non-hydrogen) atoms. The molecule has 1 amide bonds. The van der Waals surface area contributed by atoms with Gasteiger partial charge in [-0.15, -0.1) is 11.8 Å². The molecule has 6 heteroatoms. The monoisotopic (exact) mass is 260 g/mol. The molecule has 1 atom stereocenters. The Morgan fingerprint density at radius 3 is 2.94 bits per heavy atom. The molecule has 1 N–H and O–H groups in total. The molecule has 1 fully saturated rings. The van der Waals surface area contributed by atoms with Crippen LogP contribution in [-0.4, -0.2) is 24.2 Å². The molecule has 1 saturated heterocycles. The number of carbonyl (C=O) groups excluding carboxylic acids is 1. The number of hydrogen-bond donors (Lipinski definition) is 1. The predicted octanol–water partition coefficient (Wildman–Crippen LogP) is 2.06. The number of nitrogens with zero attached hydrogens (tertiary/aromatic N) is 1. The summed E-state index contributed by atoms with van der Waals surface area (Å²) in [5.74, 6) is 0.0387. The molecule has 1 aliphatic heterocycles. The van der Waals surface area contributed by atoms with Gasteiger partial charge in [0.15, 0.2) is 0 Å². The van der Waals surface area contributed by atoms with E-state index < -0.39 is 5.82 Å². The first-order valence-electron chi connectivity index (χ1n) is 4.69. The maximum absolute atomic E-state index is 13.0. The van der Waals surface area contributed by atoms with Gasteiger partial charge in [0.25, 0.3) is 5.91 Å². The zero-order valence-electron chi connectivity index (χ0n) is 8.54. The highest BCUT2D eigenvalue weighted by Gasteiger charge is 2.32. The van der Waals surface area contributed by atoms with E-state index in [0.717, 1.165) is 0 Å². The van der Waals surface area contributed by atoms with E-state index in [4.69, 9.17) is 11.6 Å². The van der Waals surface area contributed by atoms with Gasteiger partial charge in [0.05, 0.1) is 10.9 Å². The van der Waals surface area contributed by atoms with Crippen molar-refractivity contribution < 1.29 is 9.18 Å². The number of rotatable bonds is 2. The van der Waals surface area contributed by atoms with Crippen LogP contribution in [0.1, 0.15) is 0 Å². The molecule has 0 spiro atoms. The van der Waals surface area contributed by atoms with E-state index >= 15 is 0 Å². The van der Waals surface area contributed by atoms with Gasteiger partial charge in [0.2, 0.25) is 0 Å². The highest BCUT2D eigenvalue weighted by atomic mass is 35.5. The van der Waals surface area contributed by atoms with E-state index in [-0.39, 0.29) is 16.3 Å². The van der Waals surface area contributed by atoms with E-state index in [1.807, 2.05) is 0 Å². The van der Waals surface area contributed by atoms with Crippen LogP contribution in [0.4, 0.5) is 10.1 Å². The lowest BCUT2D eigenvalue weighted by atomic mass is 10.3. The second-order valence-corrected chi connectivity index (χ2v) is 4.80. The minimum atomic E-state index is -0.477. The summed E-state index contributed by atoms with van der Waals surface area (Å²) in [6.07, 6.45) is 0. The van der Waals surface area contributed by atoms with Crippen molar-refractivity contribution >= 4 is 35.0 Å². The molecular formula is C10H10ClFN2OS. The molecule has 1 unspecified atom stereocenters. The van der Waals surface area contributed by atoms with Crippen molar-refractivity contribution in [2.75, 3.05) is 17.8 Å². The van der Waals surface area contributed by atoms with Gasteiger partial charge in [-0.1, -0.05) is 11.6 Å². The summed E-state index contributed by atoms with van der Waals surface area (Å²) in [5.41, 5.74) is 0.627. The molecule has 0 aliphatic carbocycles. The number of amides is 1. The summed E-state index contributed by atoms with van der Waals surface area (Å²) >= 11 is 7.17. The van der Waals surface area contributed by atoms with Crippen LogP contribution in [0.15, 0.2) is 18.2 Å². The summed E-state index contributed by atoms with van der Waals surface area (Å²) < 4.78 is 13.0. The Hall–Kier alpha value is -0.780. The molecule has 0 saturated carbocycles. The Labute approximate surface area is 102 Å². The molecule has 0 radical (unpaired) electrons. The zero-order valence-corrected chi connectivity index (χ0v) is 10.1. The average Bonchev–Trinajstić information content (AvgIpc) is 2.64. The number of hydrogen-bond acceptors (Lipinski definition) is 3. The summed E-state index contributed by atoms with van der Waals surface area (Å²) in [7, 11) is 1.73. The first kappa shape index (κ1) is 11.7. The van der Waals surface area contributed by atoms with Crippen LogP contribution >= 0.6 is 23.4 Å². The van der Waals surface area contributed by atoms with E-state index in [9.17, 15) is 9.18 Å². The van der Waals surface area contributed by atoms with E-state index in [1.54, 1.807) is 18.0 Å². The van der Waals surface area contributed by atoms with Crippen molar-refractivity contribution in [3.63, 3.8) is 0 Å². The molecule has 1 aromatic rings. The maximum atomic E-state index is 13.0. The van der Waals surface area contributed by atoms with Gasteiger partial charge in [0.1, 0.15) is 11.2 Å². The first-order valence-corrected chi connectivity index (χ1v) is 6.11. The largest absolute Gasteiger partial charge is 0.301 e. The Kier molecular flexibility index (Phi) is 3.37. The van der Waals surface area contributed by atoms with Crippen LogP contribution < -0.4 is 10.2 Å². The number of halogens is 2. The minimum Gasteiger partial charge on any atom is -0.301 e. The average molecular weight is 261 g/mol. The van der Waals surface area contributed by atoms with Gasteiger partial charge in [-0.3, -0.25) is 4.79 Å². The highest BCUT2D eigenvalue weighted by Crippen LogP contribution is 2.30. The highest BCUT2D eigenvalue weighted by molar-refractivity contribution is 8.01. The molecule has 0 bridgehead atoms. The number of nitrogens with one attached hydrogen (secondary N) is 1. The second-order valence-electron chi connectivity index (χ2n) is 3.33. The van der Waals surface area contributed by atoms with Crippen LogP contribution in [0.5, 0.6) is 0 Å². The third kappa shape index (κ3) is 2.03. The van der Waals surface area contributed by atoms with Gasteiger partial charge in [0, 0.05) is 5.69 Å². The van der Waals surface area contributed by atoms with Crippen LogP contribution in [0, 0.1) is 5.82 Å². The molecule has 2 rings (SSSR count). The van der Waals surface area contributed by atoms with Crippen molar-refractivity contribution in [2.24, 2.45) is 0 Å². The minimum absolute atomic E-state index is 0.0307. The van der Waals surface area contributed by atoms with Crippen LogP contribution in [-0.2, 0) is 4.79 Å². The van der Waals surface area contributed by atoms with Gasteiger partial charge in [-0.2, -0.15) is 0 Å². The standard InChI is InChI=1S/C10H10ClFN2OS/c1-13-9-10(15)14(5-16-9)6-2-3-8(12)7(11)4-6/h2-4,9,13H,5H2,1H3. The third-order valence-electron chi connectivity index (χ3n) is 2.34. The van der Waals surface area contributed by atoms with Crippen molar-refractivity contribution in [1.82, 2.24) is 5.32 Å². The Balaban J connectivity index is 2.25. The summed E-state index contributed by atoms with van der Waals surface area (Å²) in [6, 6.07) is 4.29. The molecule has 1 aromatic carbocycles. The normalized spacial score (nSPS) is 20.6. The fourth-order valence-corrected chi connectivity index (χ4v) is 2.67. The van der Waals surface area contributed by atoms with Gasteiger partial charge in [-0.05, 0) is 25.2 Å². The first-order chi connectivity index (χ1) is 7.63. The lowest BCUT2D eigenvalue weighted by Gasteiger charge is -2.15. The van der Waals surface area contributed by atoms with E-state index in [2.05, 4.69) is 5.32 Å². The molecule has 1 heterocycles. The Morgan fingerprint density at radius 2 is 2.38 bits per heavy atom. The Morgan fingerprint density at radius 1 is 1.62 bits per heavy atom. The topological polar surface area (TPSA) is 32.3 Å². The lowest BCUT2D eigenvalue weighted by molar-refractivity contribution is -0.117. The summed E-state index contributed by atoms with van der Waals surface area (Å²) in [4.78, 5) is 13.4. The summed E-state index contributed by atoms with van der Waals surface area (Å²) in [6.45, 7) is 0. The van der Waals surface area contributed by atoms with Crippen molar-refractivity contribution in [3.8, 4) is 0 Å². The predicted molar refractivity (Wildman–Crippen MR) is 64.2 cm³/mol. The second kappa shape index (κ2) is 4.61. The number of likely N-dealkylation sites (N-methyl/N-ethyl adjacent to an activating group) is 1. The van der Waals surface area contributed by atoms with Crippen molar-refractivity contribution in [3.05, 3.63) is 29.0 Å². The number of anilines is 1. The summed E-state index contributed by atoms with van der Waals surface area (Å²) in [5, 5.41) is 2.70. The molecular weight excluding hydrogens is 251 g/mol. The molecule has 86 valence electrons. The third-order valence-corrected chi connectivity index (χ3v) is 3.81. The number of benzene rings is 1. The fraction of sp³-hybridized carbons (Fsp3) is 0.300. The zero-order chi connectivity index (χ0) is 11.7. The quantitative estimate of drug-likeness (QED) is 0.884. The molecule has 1 aliphatic rings. The fourth-order valence-electron chi connectivity index (χ4n) is 1.49. The van der Waals surface area contributed by atoms with Crippen LogP contribution in [0.3, 0.4) is 0 Å². The molecule has 0 aromatic heterocycles. The van der Waals surface area contributed by atoms with Gasteiger partial charge < -0.3 is 10.2 Å². The number of thioether (sulfide) groups is 1. The maximum Gasteiger partial charge on any atom is 0.255 e. The van der Waals surface area contributed by atoms with E-state index in [1.165, 1.54) is 23.9 Å². The van der Waals surface area contributed by atoms with Crippen molar-refractivity contribution in [1.29, 1.82) is 0 Å². The van der Waals surface area contributed by atoms with E-state index in [0.29, 0.717) is 11.6 Å². The number of carbonyl (C=O) groups is 1. The van der Waals surface area contributed by atoms with Gasteiger partial charge in [-0.25, -0.2) is 4.39 Å². The van der Waals surface area contributed by atoms with Crippen LogP contribution in [0.25, 0.3) is 0 Å². The molecule has 3 nitrogen and oxygen atoms in total. The Bertz CT molecular complexity index is 429. The SMILES string of the molecule is CNC1SCN(c2ccc(F)c(Cl)c2)C1=O.